The van der Waals surface area contributed by atoms with Crippen molar-refractivity contribution in [3.8, 4) is 11.5 Å². The first kappa shape index (κ1) is 29.6. The highest BCUT2D eigenvalue weighted by Crippen LogP contribution is 2.34. The Labute approximate surface area is 235 Å². The van der Waals surface area contributed by atoms with Gasteiger partial charge < -0.3 is 25.2 Å². The molecule has 0 atom stereocenters. The maximum atomic E-state index is 13.9. The number of aliphatic hydroxyl groups is 1. The number of benzene rings is 2. The zero-order chi connectivity index (χ0) is 29.4. The molecule has 0 bridgehead atoms. The van der Waals surface area contributed by atoms with Gasteiger partial charge in [-0.3, -0.25) is 14.8 Å². The number of aromatic nitrogens is 4. The number of H-pyrrole nitrogens is 1. The molecule has 4 N–H and O–H groups in total. The normalized spacial score (nSPS) is 11.3. The van der Waals surface area contributed by atoms with E-state index in [0.29, 0.717) is 58.9 Å². The van der Waals surface area contributed by atoms with Gasteiger partial charge >= 0.3 is 0 Å². The zero-order valence-electron chi connectivity index (χ0n) is 23.1. The van der Waals surface area contributed by atoms with Gasteiger partial charge in [0.1, 0.15) is 12.1 Å². The van der Waals surface area contributed by atoms with Crippen LogP contribution in [0.15, 0.2) is 42.7 Å². The Morgan fingerprint density at radius 3 is 2.73 bits per heavy atom. The van der Waals surface area contributed by atoms with E-state index >= 15 is 0 Å². The average molecular weight is 570 g/mol. The van der Waals surface area contributed by atoms with Gasteiger partial charge in [0.05, 0.1) is 37.9 Å². The Bertz CT molecular complexity index is 1480. The molecule has 0 spiro atoms. The molecule has 218 valence electrons. The van der Waals surface area contributed by atoms with Crippen molar-refractivity contribution in [2.24, 2.45) is 0 Å². The topological polar surface area (TPSA) is 138 Å². The van der Waals surface area contributed by atoms with Crippen LogP contribution in [0.5, 0.6) is 11.5 Å². The maximum absolute atomic E-state index is 13.9. The quantitative estimate of drug-likeness (QED) is 0.166. The van der Waals surface area contributed by atoms with Gasteiger partial charge in [0, 0.05) is 42.3 Å². The molecule has 0 aliphatic heterocycles. The lowest BCUT2D eigenvalue weighted by Crippen LogP contribution is -2.34. The molecular weight excluding hydrogens is 536 g/mol. The van der Waals surface area contributed by atoms with E-state index in [1.807, 2.05) is 0 Å². The summed E-state index contributed by atoms with van der Waals surface area (Å²) in [6.07, 6.45) is 2.04. The van der Waals surface area contributed by atoms with Gasteiger partial charge in [0.25, 0.3) is 0 Å². The lowest BCUT2D eigenvalue weighted by molar-refractivity contribution is -0.115. The number of halogens is 2. The minimum atomic E-state index is -1.12. The monoisotopic (exact) mass is 569 g/mol. The van der Waals surface area contributed by atoms with Crippen molar-refractivity contribution in [3.63, 3.8) is 0 Å². The summed E-state index contributed by atoms with van der Waals surface area (Å²) in [6.45, 7) is 6.16. The van der Waals surface area contributed by atoms with E-state index < -0.39 is 17.5 Å². The third-order valence-corrected chi connectivity index (χ3v) is 6.34. The molecule has 2 aromatic carbocycles. The van der Waals surface area contributed by atoms with E-state index in [2.05, 4.69) is 49.5 Å². The van der Waals surface area contributed by atoms with Crippen molar-refractivity contribution in [2.75, 3.05) is 44.0 Å². The van der Waals surface area contributed by atoms with E-state index in [9.17, 15) is 18.7 Å². The van der Waals surface area contributed by atoms with Gasteiger partial charge in [0.2, 0.25) is 5.91 Å². The number of methoxy groups -OCH3 is 1. The van der Waals surface area contributed by atoms with Gasteiger partial charge in [-0.15, -0.1) is 0 Å². The van der Waals surface area contributed by atoms with Crippen molar-refractivity contribution in [2.45, 2.75) is 32.7 Å². The fraction of sp³-hybridized carbons (Fsp3) is 0.357. The summed E-state index contributed by atoms with van der Waals surface area (Å²) in [6, 6.07) is 9.05. The number of aliphatic hydroxyl groups excluding tert-OH is 1. The molecule has 0 aliphatic carbocycles. The van der Waals surface area contributed by atoms with Crippen molar-refractivity contribution in [1.82, 2.24) is 25.1 Å². The molecule has 2 aromatic heterocycles. The van der Waals surface area contributed by atoms with E-state index in [4.69, 9.17) is 9.47 Å². The van der Waals surface area contributed by atoms with Crippen LogP contribution in [0.1, 0.15) is 26.0 Å². The number of nitrogens with one attached hydrogen (secondary N) is 3. The first-order valence-corrected chi connectivity index (χ1v) is 13.1. The van der Waals surface area contributed by atoms with Crippen LogP contribution in [-0.4, -0.2) is 75.5 Å². The highest BCUT2D eigenvalue weighted by atomic mass is 19.2. The van der Waals surface area contributed by atoms with Crippen LogP contribution in [0, 0.1) is 11.6 Å². The molecule has 0 saturated heterocycles. The number of ether oxygens (including phenoxy) is 2. The predicted octanol–water partition coefficient (Wildman–Crippen LogP) is 4.04. The predicted molar refractivity (Wildman–Crippen MR) is 151 cm³/mol. The smallest absolute Gasteiger partial charge is 0.230 e. The van der Waals surface area contributed by atoms with E-state index in [1.165, 1.54) is 18.5 Å². The molecule has 0 aliphatic rings. The van der Waals surface area contributed by atoms with Crippen LogP contribution in [0.3, 0.4) is 0 Å². The molecule has 11 nitrogen and oxygen atoms in total. The molecule has 0 saturated carbocycles. The largest absolute Gasteiger partial charge is 0.493 e. The molecule has 0 fully saturated rings. The second-order valence-electron chi connectivity index (χ2n) is 9.53. The third kappa shape index (κ3) is 7.64. The molecule has 0 unspecified atom stereocenters. The minimum Gasteiger partial charge on any atom is -0.493 e. The lowest BCUT2D eigenvalue weighted by atomic mass is 10.2. The van der Waals surface area contributed by atoms with E-state index in [0.717, 1.165) is 19.0 Å². The summed E-state index contributed by atoms with van der Waals surface area (Å²) < 4.78 is 38.8. The Hall–Kier alpha value is -4.36. The highest BCUT2D eigenvalue weighted by Gasteiger charge is 2.15. The van der Waals surface area contributed by atoms with Crippen LogP contribution in [-0.2, 0) is 11.2 Å². The molecule has 13 heteroatoms. The minimum absolute atomic E-state index is 0.111. The number of nitrogens with zero attached hydrogens (tertiary/aromatic N) is 4. The van der Waals surface area contributed by atoms with Gasteiger partial charge in [-0.05, 0) is 38.5 Å². The van der Waals surface area contributed by atoms with Crippen LogP contribution in [0.4, 0.5) is 26.1 Å². The Kier molecular flexibility index (Phi) is 9.98. The molecule has 4 rings (SSSR count). The van der Waals surface area contributed by atoms with Crippen LogP contribution in [0.25, 0.3) is 10.9 Å². The number of carbonyl (C=O) groups excluding carboxylic acids is 1. The number of rotatable bonds is 14. The Morgan fingerprint density at radius 2 is 1.98 bits per heavy atom. The van der Waals surface area contributed by atoms with Gasteiger partial charge in [0.15, 0.2) is 29.0 Å². The number of aromatic amines is 1. The summed E-state index contributed by atoms with van der Waals surface area (Å²) in [5, 5.41) is 22.3. The first-order valence-electron chi connectivity index (χ1n) is 13.1. The Balaban J connectivity index is 1.41. The van der Waals surface area contributed by atoms with Gasteiger partial charge in [-0.2, -0.15) is 5.10 Å². The van der Waals surface area contributed by atoms with Crippen molar-refractivity contribution in [1.29, 1.82) is 0 Å². The first-order chi connectivity index (χ1) is 19.8. The number of carbonyl (C=O) groups is 1. The number of amides is 1. The average Bonchev–Trinajstić information content (AvgIpc) is 3.38. The number of hydrogen-bond donors (Lipinski definition) is 4. The van der Waals surface area contributed by atoms with Crippen molar-refractivity contribution < 1.29 is 28.2 Å². The summed E-state index contributed by atoms with van der Waals surface area (Å²) in [5.41, 5.74) is 0.829. The summed E-state index contributed by atoms with van der Waals surface area (Å²) in [7, 11) is 1.55. The van der Waals surface area contributed by atoms with Crippen LogP contribution >= 0.6 is 0 Å². The molecular formula is C28H33F2N7O4. The standard InChI is InChI=1S/C28H33F2N7O4/c1-17(2)37(9-10-38)8-5-11-41-24-15-22-19(14-23(24)40-3)28(32-16-31-22)34-25-12-18(35-36-25)13-26(39)33-21-7-4-6-20(29)27(21)30/h4,6-7,12,14-17,38H,5,8-11,13H2,1-3H3,(H,33,39)(H2,31,32,34,35,36). The molecule has 41 heavy (non-hydrogen) atoms. The Morgan fingerprint density at radius 1 is 1.15 bits per heavy atom. The number of anilines is 3. The van der Waals surface area contributed by atoms with Gasteiger partial charge in [-0.1, -0.05) is 6.07 Å². The number of hydrogen-bond acceptors (Lipinski definition) is 9. The van der Waals surface area contributed by atoms with Crippen molar-refractivity contribution in [3.05, 3.63) is 60.1 Å². The van der Waals surface area contributed by atoms with Crippen molar-refractivity contribution >= 4 is 34.1 Å². The SMILES string of the molecule is COc1cc2c(Nc3cc(CC(=O)Nc4cccc(F)c4F)[nH]n3)ncnc2cc1OCCCN(CCO)C(C)C. The molecule has 4 aromatic rings. The van der Waals surface area contributed by atoms with E-state index in [-0.39, 0.29) is 18.7 Å². The fourth-order valence-corrected chi connectivity index (χ4v) is 4.25. The third-order valence-electron chi connectivity index (χ3n) is 6.34. The summed E-state index contributed by atoms with van der Waals surface area (Å²) in [4.78, 5) is 23.2. The maximum Gasteiger partial charge on any atom is 0.230 e. The number of fused-ring (bicyclic) bond motifs is 1. The second kappa shape index (κ2) is 13.8. The van der Waals surface area contributed by atoms with E-state index in [1.54, 1.807) is 25.3 Å². The van der Waals surface area contributed by atoms with Crippen LogP contribution < -0.4 is 20.1 Å². The lowest BCUT2D eigenvalue weighted by Gasteiger charge is -2.25. The zero-order valence-corrected chi connectivity index (χ0v) is 23.1. The van der Waals surface area contributed by atoms with Gasteiger partial charge in [-0.25, -0.2) is 18.7 Å². The highest BCUT2D eigenvalue weighted by molar-refractivity contribution is 5.93. The summed E-state index contributed by atoms with van der Waals surface area (Å²) in [5.74, 6) is -0.804. The van der Waals surface area contributed by atoms with Crippen LogP contribution in [0.2, 0.25) is 0 Å². The second-order valence-corrected chi connectivity index (χ2v) is 9.53. The summed E-state index contributed by atoms with van der Waals surface area (Å²) >= 11 is 0. The molecule has 1 amide bonds. The molecule has 0 radical (unpaired) electrons. The molecule has 2 heterocycles. The fourth-order valence-electron chi connectivity index (χ4n) is 4.25.